The van der Waals surface area contributed by atoms with Crippen molar-refractivity contribution in [1.29, 1.82) is 0 Å². The zero-order chi connectivity index (χ0) is 21.1. The fraction of sp³-hybridized carbons (Fsp3) is 0.435. The SMILES string of the molecule is CCOc1ccc(C2(O)CCN(CC(=O)c3ccc4c(c3)CCC(=O)N4)CC2)cn1. The van der Waals surface area contributed by atoms with E-state index in [1.54, 1.807) is 18.3 Å². The summed E-state index contributed by atoms with van der Waals surface area (Å²) in [6.07, 6.45) is 3.89. The summed E-state index contributed by atoms with van der Waals surface area (Å²) in [6, 6.07) is 9.13. The normalized spacial score (nSPS) is 18.4. The van der Waals surface area contributed by atoms with Crippen LogP contribution in [0.25, 0.3) is 0 Å². The summed E-state index contributed by atoms with van der Waals surface area (Å²) in [5, 5.41) is 13.9. The number of benzene rings is 1. The van der Waals surface area contributed by atoms with Gasteiger partial charge in [0.05, 0.1) is 18.8 Å². The molecule has 2 aliphatic heterocycles. The Kier molecular flexibility index (Phi) is 5.83. The third-order valence-electron chi connectivity index (χ3n) is 5.94. The monoisotopic (exact) mass is 409 g/mol. The number of nitrogens with zero attached hydrogens (tertiary/aromatic N) is 2. The van der Waals surface area contributed by atoms with E-state index >= 15 is 0 Å². The third-order valence-corrected chi connectivity index (χ3v) is 5.94. The minimum atomic E-state index is -0.929. The molecule has 0 spiro atoms. The van der Waals surface area contributed by atoms with E-state index in [1.807, 2.05) is 25.1 Å². The van der Waals surface area contributed by atoms with E-state index in [0.29, 0.717) is 63.4 Å². The fourth-order valence-corrected chi connectivity index (χ4v) is 4.11. The second kappa shape index (κ2) is 8.53. The highest BCUT2D eigenvalue weighted by Crippen LogP contribution is 2.33. The number of hydrogen-bond donors (Lipinski definition) is 2. The number of aliphatic hydroxyl groups is 1. The maximum Gasteiger partial charge on any atom is 0.224 e. The van der Waals surface area contributed by atoms with Crippen LogP contribution in [0.15, 0.2) is 36.5 Å². The summed E-state index contributed by atoms with van der Waals surface area (Å²) < 4.78 is 5.36. The van der Waals surface area contributed by atoms with Crippen molar-refractivity contribution < 1.29 is 19.4 Å². The van der Waals surface area contributed by atoms with Crippen molar-refractivity contribution in [2.45, 2.75) is 38.2 Å². The molecule has 4 rings (SSSR count). The Morgan fingerprint density at radius 3 is 2.73 bits per heavy atom. The van der Waals surface area contributed by atoms with Crippen molar-refractivity contribution in [3.05, 3.63) is 53.2 Å². The van der Waals surface area contributed by atoms with E-state index in [0.717, 1.165) is 16.8 Å². The van der Waals surface area contributed by atoms with Crippen LogP contribution in [0, 0.1) is 0 Å². The molecule has 0 radical (unpaired) electrons. The Morgan fingerprint density at radius 2 is 2.03 bits per heavy atom. The lowest BCUT2D eigenvalue weighted by atomic mass is 9.85. The largest absolute Gasteiger partial charge is 0.478 e. The summed E-state index contributed by atoms with van der Waals surface area (Å²) in [4.78, 5) is 30.6. The highest BCUT2D eigenvalue weighted by atomic mass is 16.5. The molecule has 0 atom stereocenters. The van der Waals surface area contributed by atoms with Crippen LogP contribution < -0.4 is 10.1 Å². The minimum absolute atomic E-state index is 0.0186. The number of likely N-dealkylation sites (tertiary alicyclic amines) is 1. The van der Waals surface area contributed by atoms with Crippen LogP contribution >= 0.6 is 0 Å². The summed E-state index contributed by atoms with van der Waals surface area (Å²) in [6.45, 7) is 4.05. The van der Waals surface area contributed by atoms with Crippen LogP contribution in [0.4, 0.5) is 5.69 Å². The lowest BCUT2D eigenvalue weighted by Crippen LogP contribution is -2.44. The van der Waals surface area contributed by atoms with Gasteiger partial charge >= 0.3 is 0 Å². The van der Waals surface area contributed by atoms with Crippen molar-refractivity contribution in [1.82, 2.24) is 9.88 Å². The van der Waals surface area contributed by atoms with Crippen LogP contribution in [0.2, 0.25) is 0 Å². The van der Waals surface area contributed by atoms with Crippen LogP contribution in [0.1, 0.15) is 47.7 Å². The second-order valence-electron chi connectivity index (χ2n) is 7.97. The van der Waals surface area contributed by atoms with Gasteiger partial charge in [-0.2, -0.15) is 0 Å². The molecule has 0 unspecified atom stereocenters. The molecule has 2 aromatic rings. The molecule has 0 bridgehead atoms. The molecular weight excluding hydrogens is 382 g/mol. The van der Waals surface area contributed by atoms with Crippen LogP contribution in [0.3, 0.4) is 0 Å². The number of hydrogen-bond acceptors (Lipinski definition) is 6. The van der Waals surface area contributed by atoms with Gasteiger partial charge < -0.3 is 15.2 Å². The lowest BCUT2D eigenvalue weighted by molar-refractivity contribution is -0.116. The predicted octanol–water partition coefficient (Wildman–Crippen LogP) is 2.53. The first-order chi connectivity index (χ1) is 14.5. The maximum atomic E-state index is 12.8. The number of anilines is 1. The molecular formula is C23H27N3O4. The van der Waals surface area contributed by atoms with Crippen molar-refractivity contribution in [2.75, 3.05) is 31.6 Å². The molecule has 0 saturated carbocycles. The van der Waals surface area contributed by atoms with E-state index in [1.165, 1.54) is 0 Å². The fourth-order valence-electron chi connectivity index (χ4n) is 4.11. The van der Waals surface area contributed by atoms with Crippen LogP contribution in [-0.4, -0.2) is 52.9 Å². The van der Waals surface area contributed by atoms with E-state index in [-0.39, 0.29) is 11.7 Å². The van der Waals surface area contributed by atoms with Crippen molar-refractivity contribution >= 4 is 17.4 Å². The van der Waals surface area contributed by atoms with Crippen molar-refractivity contribution in [3.8, 4) is 5.88 Å². The average Bonchev–Trinajstić information content (AvgIpc) is 2.76. The molecule has 1 aromatic heterocycles. The number of nitrogens with one attached hydrogen (secondary N) is 1. The number of pyridine rings is 1. The zero-order valence-corrected chi connectivity index (χ0v) is 17.2. The standard InChI is InChI=1S/C23H27N3O4/c1-2-30-22-8-5-18(14-24-22)23(29)9-11-26(12-10-23)15-20(27)17-3-6-19-16(13-17)4-7-21(28)25-19/h3,5-6,8,13-14,29H,2,4,7,9-12,15H2,1H3,(H,25,28). The van der Waals surface area contributed by atoms with Crippen molar-refractivity contribution in [2.24, 2.45) is 0 Å². The molecule has 7 nitrogen and oxygen atoms in total. The number of fused-ring (bicyclic) bond motifs is 1. The van der Waals surface area contributed by atoms with Crippen LogP contribution in [0.5, 0.6) is 5.88 Å². The molecule has 30 heavy (non-hydrogen) atoms. The smallest absolute Gasteiger partial charge is 0.224 e. The van der Waals surface area contributed by atoms with Gasteiger partial charge in [0.15, 0.2) is 5.78 Å². The van der Waals surface area contributed by atoms with E-state index in [2.05, 4.69) is 15.2 Å². The summed E-state index contributed by atoms with van der Waals surface area (Å²) in [7, 11) is 0. The Labute approximate surface area is 176 Å². The van der Waals surface area contributed by atoms with Gasteiger partial charge in [-0.3, -0.25) is 14.5 Å². The predicted molar refractivity (Wildman–Crippen MR) is 113 cm³/mol. The quantitative estimate of drug-likeness (QED) is 0.713. The molecule has 1 amide bonds. The molecule has 3 heterocycles. The lowest BCUT2D eigenvalue weighted by Gasteiger charge is -2.38. The molecule has 158 valence electrons. The molecule has 1 saturated heterocycles. The van der Waals surface area contributed by atoms with Gasteiger partial charge in [-0.1, -0.05) is 0 Å². The summed E-state index contributed by atoms with van der Waals surface area (Å²) in [5.41, 5.74) is 2.34. The van der Waals surface area contributed by atoms with E-state index < -0.39 is 5.60 Å². The number of aromatic nitrogens is 1. The molecule has 0 aliphatic carbocycles. The Balaban J connectivity index is 1.35. The third kappa shape index (κ3) is 4.37. The molecule has 7 heteroatoms. The average molecular weight is 409 g/mol. The number of carbonyl (C=O) groups is 2. The van der Waals surface area contributed by atoms with Crippen molar-refractivity contribution in [3.63, 3.8) is 0 Å². The summed E-state index contributed by atoms with van der Waals surface area (Å²) >= 11 is 0. The number of Topliss-reactive ketones (excluding diaryl/α,β-unsaturated/α-hetero) is 1. The number of aryl methyl sites for hydroxylation is 1. The molecule has 2 N–H and O–H groups in total. The first kappa shape index (κ1) is 20.5. The zero-order valence-electron chi connectivity index (χ0n) is 17.2. The number of carbonyl (C=O) groups excluding carboxylic acids is 2. The van der Waals surface area contributed by atoms with Gasteiger partial charge in [-0.05, 0) is 56.0 Å². The van der Waals surface area contributed by atoms with Gasteiger partial charge in [0.1, 0.15) is 0 Å². The van der Waals surface area contributed by atoms with Gasteiger partial charge in [-0.25, -0.2) is 4.98 Å². The van der Waals surface area contributed by atoms with Gasteiger partial charge in [0.2, 0.25) is 11.8 Å². The first-order valence-electron chi connectivity index (χ1n) is 10.5. The molecule has 2 aliphatic rings. The Hall–Kier alpha value is -2.77. The minimum Gasteiger partial charge on any atom is -0.478 e. The van der Waals surface area contributed by atoms with E-state index in [9.17, 15) is 14.7 Å². The second-order valence-corrected chi connectivity index (χ2v) is 7.97. The number of ether oxygens (including phenoxy) is 1. The van der Waals surface area contributed by atoms with Gasteiger partial charge in [0.25, 0.3) is 0 Å². The number of piperidine rings is 1. The summed E-state index contributed by atoms with van der Waals surface area (Å²) in [5.74, 6) is 0.630. The van der Waals surface area contributed by atoms with E-state index in [4.69, 9.17) is 4.74 Å². The number of amides is 1. The number of rotatable bonds is 6. The number of ketones is 1. The Morgan fingerprint density at radius 1 is 1.23 bits per heavy atom. The molecule has 1 aromatic carbocycles. The van der Waals surface area contributed by atoms with Gasteiger partial charge in [-0.15, -0.1) is 0 Å². The van der Waals surface area contributed by atoms with Crippen LogP contribution in [-0.2, 0) is 16.8 Å². The molecule has 1 fully saturated rings. The first-order valence-corrected chi connectivity index (χ1v) is 10.5. The Bertz CT molecular complexity index is 934. The highest BCUT2D eigenvalue weighted by molar-refractivity contribution is 6.00. The highest BCUT2D eigenvalue weighted by Gasteiger charge is 2.35. The maximum absolute atomic E-state index is 12.8. The topological polar surface area (TPSA) is 91.8 Å². The van der Waals surface area contributed by atoms with Gasteiger partial charge in [0, 0.05) is 48.6 Å².